The zero-order valence-electron chi connectivity index (χ0n) is 8.35. The van der Waals surface area contributed by atoms with Gasteiger partial charge in [-0.25, -0.2) is 0 Å². The molecule has 0 aliphatic carbocycles. The van der Waals surface area contributed by atoms with Crippen molar-refractivity contribution >= 4 is 11.0 Å². The number of fused-ring (bicyclic) bond motifs is 1. The molecule has 3 heteroatoms. The first-order valence-electron chi connectivity index (χ1n) is 5.19. The van der Waals surface area contributed by atoms with Gasteiger partial charge < -0.3 is 14.9 Å². The number of nitrogens with two attached hydrogens (primary N) is 1. The monoisotopic (exact) mass is 203 g/mol. The van der Waals surface area contributed by atoms with Crippen molar-refractivity contribution in [3.8, 4) is 0 Å². The van der Waals surface area contributed by atoms with Gasteiger partial charge in [0.15, 0.2) is 0 Å². The lowest BCUT2D eigenvalue weighted by molar-refractivity contribution is 0.105. The maximum Gasteiger partial charge on any atom is 0.134 e. The predicted octanol–water partition coefficient (Wildman–Crippen LogP) is 2.22. The average Bonchev–Trinajstić information content (AvgIpc) is 2.83. The molecule has 1 aromatic heterocycles. The van der Waals surface area contributed by atoms with Crippen molar-refractivity contribution in [3.63, 3.8) is 0 Å². The number of ether oxygens (including phenoxy) is 1. The number of benzene rings is 1. The highest BCUT2D eigenvalue weighted by molar-refractivity contribution is 5.81. The molecule has 1 aromatic carbocycles. The number of furan rings is 1. The number of para-hydroxylation sites is 1. The van der Waals surface area contributed by atoms with Crippen molar-refractivity contribution in [2.45, 2.75) is 18.6 Å². The van der Waals surface area contributed by atoms with Gasteiger partial charge >= 0.3 is 0 Å². The molecule has 0 spiro atoms. The van der Waals surface area contributed by atoms with Gasteiger partial charge in [-0.2, -0.15) is 0 Å². The van der Waals surface area contributed by atoms with Gasteiger partial charge in [0, 0.05) is 23.6 Å². The minimum Gasteiger partial charge on any atom is -0.464 e. The third-order valence-corrected chi connectivity index (χ3v) is 2.95. The summed E-state index contributed by atoms with van der Waals surface area (Å²) in [6.07, 6.45) is 2.68. The normalized spacial score (nSPS) is 26.2. The second-order valence-corrected chi connectivity index (χ2v) is 3.93. The van der Waals surface area contributed by atoms with Crippen LogP contribution in [0.4, 0.5) is 0 Å². The van der Waals surface area contributed by atoms with Crippen LogP contribution in [0.15, 0.2) is 34.9 Å². The number of hydrogen-bond acceptors (Lipinski definition) is 3. The average molecular weight is 203 g/mol. The highest BCUT2D eigenvalue weighted by Crippen LogP contribution is 2.33. The quantitative estimate of drug-likeness (QED) is 0.773. The molecule has 2 unspecified atom stereocenters. The molecule has 0 amide bonds. The van der Waals surface area contributed by atoms with Crippen molar-refractivity contribution in [2.24, 2.45) is 5.73 Å². The Labute approximate surface area is 87.8 Å². The minimum atomic E-state index is -0.00588. The number of rotatable bonds is 1. The lowest BCUT2D eigenvalue weighted by Crippen LogP contribution is -2.23. The van der Waals surface area contributed by atoms with Crippen LogP contribution in [0.1, 0.15) is 18.1 Å². The van der Waals surface area contributed by atoms with E-state index < -0.39 is 0 Å². The van der Waals surface area contributed by atoms with E-state index in [0.717, 1.165) is 29.6 Å². The van der Waals surface area contributed by atoms with Gasteiger partial charge in [-0.1, -0.05) is 18.2 Å². The van der Waals surface area contributed by atoms with Crippen LogP contribution in [0.25, 0.3) is 11.0 Å². The first kappa shape index (κ1) is 8.95. The second kappa shape index (κ2) is 3.36. The molecule has 2 heterocycles. The van der Waals surface area contributed by atoms with Gasteiger partial charge in [-0.15, -0.1) is 0 Å². The van der Waals surface area contributed by atoms with E-state index in [1.807, 2.05) is 24.3 Å². The fraction of sp³-hybridized carbons (Fsp3) is 0.333. The van der Waals surface area contributed by atoms with Crippen LogP contribution in [0.3, 0.4) is 0 Å². The smallest absolute Gasteiger partial charge is 0.134 e. The summed E-state index contributed by atoms with van der Waals surface area (Å²) in [5.74, 6) is 0. The summed E-state index contributed by atoms with van der Waals surface area (Å²) in [5, 5.41) is 1.11. The van der Waals surface area contributed by atoms with Gasteiger partial charge in [0.25, 0.3) is 0 Å². The van der Waals surface area contributed by atoms with Gasteiger partial charge in [0.2, 0.25) is 0 Å². The summed E-state index contributed by atoms with van der Waals surface area (Å²) >= 11 is 0. The third-order valence-electron chi connectivity index (χ3n) is 2.95. The first-order valence-corrected chi connectivity index (χ1v) is 5.19. The largest absolute Gasteiger partial charge is 0.464 e. The van der Waals surface area contributed by atoms with Crippen LogP contribution < -0.4 is 5.73 Å². The molecule has 0 bridgehead atoms. The van der Waals surface area contributed by atoms with Crippen LogP contribution in [0.2, 0.25) is 0 Å². The summed E-state index contributed by atoms with van der Waals surface area (Å²) < 4.78 is 11.1. The molecule has 1 aliphatic heterocycles. The Balaban J connectivity index is 2.10. The Morgan fingerprint density at radius 1 is 1.27 bits per heavy atom. The van der Waals surface area contributed by atoms with E-state index in [1.165, 1.54) is 0 Å². The third kappa shape index (κ3) is 1.35. The van der Waals surface area contributed by atoms with Gasteiger partial charge in [-0.3, -0.25) is 0 Å². The molecule has 15 heavy (non-hydrogen) atoms. The maximum atomic E-state index is 5.99. The predicted molar refractivity (Wildman–Crippen MR) is 57.5 cm³/mol. The molecule has 3 nitrogen and oxygen atoms in total. The van der Waals surface area contributed by atoms with Crippen LogP contribution in [-0.4, -0.2) is 12.6 Å². The van der Waals surface area contributed by atoms with E-state index >= 15 is 0 Å². The first-order chi connectivity index (χ1) is 7.36. The van der Waals surface area contributed by atoms with E-state index in [0.29, 0.717) is 0 Å². The van der Waals surface area contributed by atoms with Crippen molar-refractivity contribution in [1.29, 1.82) is 0 Å². The molecule has 0 radical (unpaired) electrons. The van der Waals surface area contributed by atoms with Crippen molar-refractivity contribution in [3.05, 3.63) is 36.1 Å². The van der Waals surface area contributed by atoms with Crippen molar-refractivity contribution in [2.75, 3.05) is 6.61 Å². The fourth-order valence-corrected chi connectivity index (χ4v) is 2.15. The molecule has 78 valence electrons. The Bertz CT molecular complexity index is 477. The fourth-order valence-electron chi connectivity index (χ4n) is 2.15. The molecule has 0 saturated carbocycles. The Hall–Kier alpha value is -1.32. The van der Waals surface area contributed by atoms with E-state index in [1.54, 1.807) is 6.26 Å². The van der Waals surface area contributed by atoms with Crippen LogP contribution in [0.5, 0.6) is 0 Å². The highest BCUT2D eigenvalue weighted by Gasteiger charge is 2.28. The Morgan fingerprint density at radius 2 is 2.13 bits per heavy atom. The SMILES string of the molecule is NC1CCOC1c1coc2ccccc12. The standard InChI is InChI=1S/C12H13NO2/c13-10-5-6-14-12(10)9-7-15-11-4-2-1-3-8(9)11/h1-4,7,10,12H,5-6,13H2. The lowest BCUT2D eigenvalue weighted by Gasteiger charge is -2.12. The van der Waals surface area contributed by atoms with Crippen molar-refractivity contribution < 1.29 is 9.15 Å². The summed E-state index contributed by atoms with van der Waals surface area (Å²) in [4.78, 5) is 0. The summed E-state index contributed by atoms with van der Waals surface area (Å²) in [6.45, 7) is 0.741. The molecule has 1 saturated heterocycles. The van der Waals surface area contributed by atoms with Crippen LogP contribution in [-0.2, 0) is 4.74 Å². The topological polar surface area (TPSA) is 48.4 Å². The maximum absolute atomic E-state index is 5.99. The van der Waals surface area contributed by atoms with E-state index in [9.17, 15) is 0 Å². The van der Waals surface area contributed by atoms with Crippen molar-refractivity contribution in [1.82, 2.24) is 0 Å². The molecule has 2 atom stereocenters. The second-order valence-electron chi connectivity index (χ2n) is 3.93. The Kier molecular flexibility index (Phi) is 2.01. The van der Waals surface area contributed by atoms with E-state index in [2.05, 4.69) is 0 Å². The van der Waals surface area contributed by atoms with Gasteiger partial charge in [-0.05, 0) is 12.5 Å². The summed E-state index contributed by atoms with van der Waals surface area (Å²) in [5.41, 5.74) is 7.97. The minimum absolute atomic E-state index is 0.00588. The highest BCUT2D eigenvalue weighted by atomic mass is 16.5. The molecule has 1 fully saturated rings. The molecular formula is C12H13NO2. The molecule has 3 rings (SSSR count). The lowest BCUT2D eigenvalue weighted by atomic mass is 10.0. The summed E-state index contributed by atoms with van der Waals surface area (Å²) in [6, 6.07) is 8.06. The Morgan fingerprint density at radius 3 is 2.93 bits per heavy atom. The zero-order valence-corrected chi connectivity index (χ0v) is 8.35. The van der Waals surface area contributed by atoms with Gasteiger partial charge in [0.1, 0.15) is 11.7 Å². The molecule has 1 aliphatic rings. The molecule has 2 N–H and O–H groups in total. The van der Waals surface area contributed by atoms with Crippen LogP contribution >= 0.6 is 0 Å². The molecule has 2 aromatic rings. The van der Waals surface area contributed by atoms with E-state index in [-0.39, 0.29) is 12.1 Å². The van der Waals surface area contributed by atoms with Gasteiger partial charge in [0.05, 0.1) is 6.26 Å². The molecular weight excluding hydrogens is 190 g/mol. The van der Waals surface area contributed by atoms with E-state index in [4.69, 9.17) is 14.9 Å². The van der Waals surface area contributed by atoms with Crippen LogP contribution in [0, 0.1) is 0 Å². The number of hydrogen-bond donors (Lipinski definition) is 1. The summed E-state index contributed by atoms with van der Waals surface area (Å²) in [7, 11) is 0. The zero-order chi connectivity index (χ0) is 10.3.